The SMILES string of the molecule is Cn1nc(NCC2CCCCC2)c2ncnc(C(=O)N[C@H]3CCc4cc(C(=O)O)ccc43)c21. The van der Waals surface area contributed by atoms with E-state index in [4.69, 9.17) is 0 Å². The highest BCUT2D eigenvalue weighted by molar-refractivity contribution is 6.05. The molecule has 0 saturated heterocycles. The molecule has 1 saturated carbocycles. The predicted octanol–water partition coefficient (Wildman–Crippen LogP) is 3.47. The number of carboxylic acid groups (broad SMARTS) is 1. The van der Waals surface area contributed by atoms with Gasteiger partial charge in [0.25, 0.3) is 5.91 Å². The predicted molar refractivity (Wildman–Crippen MR) is 123 cm³/mol. The van der Waals surface area contributed by atoms with E-state index >= 15 is 0 Å². The third kappa shape index (κ3) is 4.15. The molecule has 1 atom stereocenters. The molecule has 0 bridgehead atoms. The normalized spacial score (nSPS) is 18.3. The van der Waals surface area contributed by atoms with Crippen molar-refractivity contribution in [2.75, 3.05) is 11.9 Å². The zero-order valence-corrected chi connectivity index (χ0v) is 18.7. The third-order valence-electron chi connectivity index (χ3n) is 6.89. The molecule has 5 rings (SSSR count). The topological polar surface area (TPSA) is 122 Å². The number of amides is 1. The second kappa shape index (κ2) is 8.80. The van der Waals surface area contributed by atoms with E-state index in [2.05, 4.69) is 25.7 Å². The molecule has 1 aromatic carbocycles. The molecule has 0 radical (unpaired) electrons. The number of nitrogens with zero attached hydrogens (tertiary/aromatic N) is 4. The van der Waals surface area contributed by atoms with Crippen LogP contribution in [0.2, 0.25) is 0 Å². The Morgan fingerprint density at radius 2 is 1.97 bits per heavy atom. The van der Waals surface area contributed by atoms with Crippen molar-refractivity contribution in [1.29, 1.82) is 0 Å². The average Bonchev–Trinajstić information content (AvgIpc) is 3.38. The van der Waals surface area contributed by atoms with Crippen molar-refractivity contribution in [2.45, 2.75) is 51.0 Å². The van der Waals surface area contributed by atoms with Gasteiger partial charge in [-0.1, -0.05) is 25.3 Å². The van der Waals surface area contributed by atoms with Gasteiger partial charge in [-0.2, -0.15) is 5.10 Å². The first kappa shape index (κ1) is 21.4. The Morgan fingerprint density at radius 1 is 1.15 bits per heavy atom. The second-order valence-corrected chi connectivity index (χ2v) is 9.06. The number of rotatable bonds is 6. The molecule has 33 heavy (non-hydrogen) atoms. The number of aromatic carboxylic acids is 1. The van der Waals surface area contributed by atoms with Gasteiger partial charge in [0.1, 0.15) is 17.4 Å². The van der Waals surface area contributed by atoms with Gasteiger partial charge in [0.05, 0.1) is 11.6 Å². The van der Waals surface area contributed by atoms with Crippen LogP contribution in [0, 0.1) is 5.92 Å². The Kier molecular flexibility index (Phi) is 5.70. The molecule has 0 aliphatic heterocycles. The monoisotopic (exact) mass is 448 g/mol. The van der Waals surface area contributed by atoms with E-state index in [-0.39, 0.29) is 23.2 Å². The lowest BCUT2D eigenvalue weighted by molar-refractivity contribution is 0.0696. The molecule has 2 aliphatic rings. The van der Waals surface area contributed by atoms with Gasteiger partial charge in [-0.25, -0.2) is 14.8 Å². The molecule has 2 aromatic heterocycles. The molecule has 9 heteroatoms. The van der Waals surface area contributed by atoms with Crippen LogP contribution in [-0.2, 0) is 13.5 Å². The number of fused-ring (bicyclic) bond motifs is 2. The second-order valence-electron chi connectivity index (χ2n) is 9.06. The Balaban J connectivity index is 1.35. The van der Waals surface area contributed by atoms with Crippen molar-refractivity contribution < 1.29 is 14.7 Å². The maximum absolute atomic E-state index is 13.2. The summed E-state index contributed by atoms with van der Waals surface area (Å²) in [4.78, 5) is 33.1. The van der Waals surface area contributed by atoms with Gasteiger partial charge in [0.2, 0.25) is 0 Å². The number of anilines is 1. The molecule has 2 heterocycles. The fraction of sp³-hybridized carbons (Fsp3) is 0.458. The fourth-order valence-corrected chi connectivity index (χ4v) is 5.15. The van der Waals surface area contributed by atoms with Crippen LogP contribution in [0.15, 0.2) is 24.5 Å². The van der Waals surface area contributed by atoms with E-state index < -0.39 is 5.97 Å². The van der Waals surface area contributed by atoms with E-state index in [1.165, 1.54) is 38.4 Å². The van der Waals surface area contributed by atoms with E-state index in [0.717, 1.165) is 30.5 Å². The van der Waals surface area contributed by atoms with Crippen LogP contribution in [0.5, 0.6) is 0 Å². The molecule has 3 aromatic rings. The minimum atomic E-state index is -0.947. The average molecular weight is 449 g/mol. The molecule has 2 aliphatic carbocycles. The van der Waals surface area contributed by atoms with Gasteiger partial charge in [-0.05, 0) is 54.9 Å². The number of carbonyl (C=O) groups excluding carboxylic acids is 1. The smallest absolute Gasteiger partial charge is 0.335 e. The third-order valence-corrected chi connectivity index (χ3v) is 6.89. The molecule has 1 amide bonds. The number of nitrogens with one attached hydrogen (secondary N) is 2. The summed E-state index contributed by atoms with van der Waals surface area (Å²) in [5.41, 5.74) is 3.71. The fourth-order valence-electron chi connectivity index (χ4n) is 5.15. The van der Waals surface area contributed by atoms with Crippen LogP contribution < -0.4 is 10.6 Å². The summed E-state index contributed by atoms with van der Waals surface area (Å²) in [7, 11) is 1.80. The highest BCUT2D eigenvalue weighted by Crippen LogP contribution is 2.32. The molecular formula is C24H28N6O3. The molecule has 1 fully saturated rings. The molecule has 0 unspecified atom stereocenters. The standard InChI is InChI=1S/C24H28N6O3/c1-30-21-19(22(29-30)25-12-14-5-3-2-4-6-14)26-13-27-20(21)23(31)28-18-10-8-15-11-16(24(32)33)7-9-17(15)18/h7,9,11,13-14,18H,2-6,8,10,12H2,1H3,(H,25,29)(H,28,31)(H,32,33)/t18-/m0/s1. The summed E-state index contributed by atoms with van der Waals surface area (Å²) >= 11 is 0. The number of benzene rings is 1. The Bertz CT molecular complexity index is 1210. The van der Waals surface area contributed by atoms with Gasteiger partial charge >= 0.3 is 5.97 Å². The van der Waals surface area contributed by atoms with Crippen molar-refractivity contribution in [1.82, 2.24) is 25.1 Å². The van der Waals surface area contributed by atoms with Gasteiger partial charge in [0.15, 0.2) is 11.5 Å². The lowest BCUT2D eigenvalue weighted by Gasteiger charge is -2.21. The van der Waals surface area contributed by atoms with Crippen molar-refractivity contribution in [3.05, 3.63) is 46.9 Å². The first-order valence-corrected chi connectivity index (χ1v) is 11.6. The maximum Gasteiger partial charge on any atom is 0.335 e. The van der Waals surface area contributed by atoms with Crippen LogP contribution in [0.25, 0.3) is 11.0 Å². The summed E-state index contributed by atoms with van der Waals surface area (Å²) in [5, 5.41) is 20.3. The zero-order chi connectivity index (χ0) is 22.9. The Morgan fingerprint density at radius 3 is 2.76 bits per heavy atom. The van der Waals surface area contributed by atoms with Gasteiger partial charge in [-0.15, -0.1) is 0 Å². The van der Waals surface area contributed by atoms with E-state index in [1.807, 2.05) is 0 Å². The number of hydrogen-bond acceptors (Lipinski definition) is 6. The summed E-state index contributed by atoms with van der Waals surface area (Å²) in [5.74, 6) is 0.0913. The van der Waals surface area contributed by atoms with E-state index in [1.54, 1.807) is 29.9 Å². The molecule has 9 nitrogen and oxygen atoms in total. The number of aromatic nitrogens is 4. The highest BCUT2D eigenvalue weighted by Gasteiger charge is 2.27. The maximum atomic E-state index is 13.2. The van der Waals surface area contributed by atoms with E-state index in [9.17, 15) is 14.7 Å². The summed E-state index contributed by atoms with van der Waals surface area (Å²) < 4.78 is 1.66. The Hall–Kier alpha value is -3.49. The number of aryl methyl sites for hydroxylation is 2. The van der Waals surface area contributed by atoms with Crippen LogP contribution in [0.3, 0.4) is 0 Å². The van der Waals surface area contributed by atoms with Crippen molar-refractivity contribution >= 4 is 28.7 Å². The molecule has 0 spiro atoms. The molecular weight excluding hydrogens is 420 g/mol. The summed E-state index contributed by atoms with van der Waals surface area (Å²) in [6, 6.07) is 4.89. The number of hydrogen-bond donors (Lipinski definition) is 3. The van der Waals surface area contributed by atoms with Crippen molar-refractivity contribution in [3.8, 4) is 0 Å². The van der Waals surface area contributed by atoms with Crippen LogP contribution in [-0.4, -0.2) is 43.3 Å². The lowest BCUT2D eigenvalue weighted by atomic mass is 9.89. The lowest BCUT2D eigenvalue weighted by Crippen LogP contribution is -2.28. The van der Waals surface area contributed by atoms with Crippen molar-refractivity contribution in [2.24, 2.45) is 13.0 Å². The number of carbonyl (C=O) groups is 2. The number of carboxylic acids is 1. The quantitative estimate of drug-likeness (QED) is 0.528. The summed E-state index contributed by atoms with van der Waals surface area (Å²) in [6.07, 6.45) is 9.20. The molecule has 3 N–H and O–H groups in total. The van der Waals surface area contributed by atoms with Crippen LogP contribution in [0.1, 0.15) is 76.5 Å². The highest BCUT2D eigenvalue weighted by atomic mass is 16.4. The first-order valence-electron chi connectivity index (χ1n) is 11.6. The first-order chi connectivity index (χ1) is 16.0. The Labute approximate surface area is 191 Å². The minimum Gasteiger partial charge on any atom is -0.478 e. The minimum absolute atomic E-state index is 0.183. The largest absolute Gasteiger partial charge is 0.478 e. The van der Waals surface area contributed by atoms with Crippen LogP contribution in [0.4, 0.5) is 5.82 Å². The van der Waals surface area contributed by atoms with Gasteiger partial charge in [-0.3, -0.25) is 9.48 Å². The van der Waals surface area contributed by atoms with Crippen molar-refractivity contribution in [3.63, 3.8) is 0 Å². The zero-order valence-electron chi connectivity index (χ0n) is 18.7. The van der Waals surface area contributed by atoms with E-state index in [0.29, 0.717) is 22.8 Å². The summed E-state index contributed by atoms with van der Waals surface area (Å²) in [6.45, 7) is 0.856. The molecule has 172 valence electrons. The van der Waals surface area contributed by atoms with Gasteiger partial charge < -0.3 is 15.7 Å². The van der Waals surface area contributed by atoms with Crippen LogP contribution >= 0.6 is 0 Å². The van der Waals surface area contributed by atoms with Gasteiger partial charge in [0, 0.05) is 13.6 Å².